The number of amides is 2. The highest BCUT2D eigenvalue weighted by molar-refractivity contribution is 5.83. The van der Waals surface area contributed by atoms with E-state index in [0.717, 1.165) is 28.0 Å². The van der Waals surface area contributed by atoms with E-state index in [1.54, 1.807) is 0 Å². The number of nitrogens with one attached hydrogen (secondary N) is 1. The highest BCUT2D eigenvalue weighted by atomic mass is 16.5. The zero-order chi connectivity index (χ0) is 23.0. The van der Waals surface area contributed by atoms with Gasteiger partial charge >= 0.3 is 0 Å². The Balaban J connectivity index is 1.47. The second-order valence-electron chi connectivity index (χ2n) is 8.31. The predicted molar refractivity (Wildman–Crippen MR) is 130 cm³/mol. The van der Waals surface area contributed by atoms with Crippen LogP contribution in [0.1, 0.15) is 18.1 Å². The molecule has 5 nitrogen and oxygen atoms in total. The van der Waals surface area contributed by atoms with Crippen LogP contribution in [0.3, 0.4) is 0 Å². The van der Waals surface area contributed by atoms with Crippen molar-refractivity contribution in [3.63, 3.8) is 0 Å². The van der Waals surface area contributed by atoms with E-state index in [4.69, 9.17) is 4.74 Å². The van der Waals surface area contributed by atoms with E-state index < -0.39 is 0 Å². The zero-order valence-corrected chi connectivity index (χ0v) is 19.0. The number of carbonyl (C=O) groups excluding carboxylic acids is 2. The van der Waals surface area contributed by atoms with Gasteiger partial charge in [0.2, 0.25) is 11.8 Å². The third-order valence-corrected chi connectivity index (χ3v) is 6.00. The van der Waals surface area contributed by atoms with Crippen LogP contribution in [0.2, 0.25) is 0 Å². The third-order valence-electron chi connectivity index (χ3n) is 6.00. The van der Waals surface area contributed by atoms with E-state index in [1.807, 2.05) is 66.4 Å². The van der Waals surface area contributed by atoms with Crippen molar-refractivity contribution in [3.8, 4) is 16.9 Å². The molecule has 1 aliphatic heterocycles. The molecule has 0 aromatic heterocycles. The summed E-state index contributed by atoms with van der Waals surface area (Å²) in [5, 5.41) is 2.99. The van der Waals surface area contributed by atoms with Gasteiger partial charge in [-0.3, -0.25) is 9.59 Å². The van der Waals surface area contributed by atoms with Gasteiger partial charge in [0.25, 0.3) is 0 Å². The van der Waals surface area contributed by atoms with Gasteiger partial charge in [-0.1, -0.05) is 66.7 Å². The minimum absolute atomic E-state index is 0.00855. The van der Waals surface area contributed by atoms with Crippen LogP contribution >= 0.6 is 0 Å². The van der Waals surface area contributed by atoms with E-state index in [1.165, 1.54) is 0 Å². The number of hydrogen-bond acceptors (Lipinski definition) is 3. The average Bonchev–Trinajstić information content (AvgIpc) is 3.03. The van der Waals surface area contributed by atoms with Gasteiger partial charge in [-0.25, -0.2) is 0 Å². The molecule has 1 fully saturated rings. The van der Waals surface area contributed by atoms with Gasteiger partial charge in [0.05, 0.1) is 18.9 Å². The fraction of sp³-hybridized carbons (Fsp3) is 0.286. The second kappa shape index (κ2) is 10.8. The normalized spacial score (nSPS) is 16.1. The fourth-order valence-electron chi connectivity index (χ4n) is 4.30. The first-order chi connectivity index (χ1) is 16.1. The van der Waals surface area contributed by atoms with Crippen molar-refractivity contribution in [2.75, 3.05) is 26.2 Å². The second-order valence-corrected chi connectivity index (χ2v) is 8.31. The van der Waals surface area contributed by atoms with Crippen molar-refractivity contribution in [1.29, 1.82) is 0 Å². The van der Waals surface area contributed by atoms with Crippen molar-refractivity contribution < 1.29 is 14.3 Å². The molecule has 170 valence electrons. The maximum absolute atomic E-state index is 13.1. The molecule has 5 heteroatoms. The number of carbonyl (C=O) groups is 2. The van der Waals surface area contributed by atoms with Crippen molar-refractivity contribution in [3.05, 3.63) is 90.0 Å². The van der Waals surface area contributed by atoms with Gasteiger partial charge in [0, 0.05) is 19.6 Å². The first kappa shape index (κ1) is 22.6. The first-order valence-electron chi connectivity index (χ1n) is 11.5. The molecule has 3 aromatic rings. The van der Waals surface area contributed by atoms with Gasteiger partial charge in [0.1, 0.15) is 5.75 Å². The summed E-state index contributed by atoms with van der Waals surface area (Å²) >= 11 is 0. The fourth-order valence-corrected chi connectivity index (χ4v) is 4.30. The molecule has 0 bridgehead atoms. The third kappa shape index (κ3) is 5.80. The Hall–Kier alpha value is -3.60. The number of nitrogens with zero attached hydrogens (tertiary/aromatic N) is 1. The molecule has 1 N–H and O–H groups in total. The van der Waals surface area contributed by atoms with Crippen LogP contribution in [0.4, 0.5) is 0 Å². The number of ether oxygens (including phenoxy) is 1. The van der Waals surface area contributed by atoms with E-state index in [0.29, 0.717) is 39.1 Å². The lowest BCUT2D eigenvalue weighted by atomic mass is 9.91. The summed E-state index contributed by atoms with van der Waals surface area (Å²) in [7, 11) is 0. The Morgan fingerprint density at radius 2 is 1.73 bits per heavy atom. The van der Waals surface area contributed by atoms with Crippen molar-refractivity contribution in [1.82, 2.24) is 10.2 Å². The lowest BCUT2D eigenvalue weighted by Gasteiger charge is -2.24. The summed E-state index contributed by atoms with van der Waals surface area (Å²) in [4.78, 5) is 27.7. The van der Waals surface area contributed by atoms with Gasteiger partial charge in [-0.15, -0.1) is 0 Å². The van der Waals surface area contributed by atoms with Crippen molar-refractivity contribution in [2.45, 2.75) is 19.8 Å². The Labute approximate surface area is 195 Å². The summed E-state index contributed by atoms with van der Waals surface area (Å²) in [6, 6.07) is 26.0. The number of benzene rings is 3. The van der Waals surface area contributed by atoms with E-state index in [2.05, 4.69) is 29.6 Å². The smallest absolute Gasteiger partial charge is 0.227 e. The average molecular weight is 443 g/mol. The van der Waals surface area contributed by atoms with E-state index in [9.17, 15) is 9.59 Å². The summed E-state index contributed by atoms with van der Waals surface area (Å²) in [6.45, 7) is 3.98. The minimum atomic E-state index is -0.290. The van der Waals surface area contributed by atoms with Crippen LogP contribution in [0, 0.1) is 5.92 Å². The number of rotatable bonds is 7. The summed E-state index contributed by atoms with van der Waals surface area (Å²) in [6.07, 6.45) is 0.900. The monoisotopic (exact) mass is 442 g/mol. The molecule has 1 atom stereocenters. The Kier molecular flexibility index (Phi) is 7.40. The summed E-state index contributed by atoms with van der Waals surface area (Å²) in [5.74, 6) is 0.559. The molecule has 1 unspecified atom stereocenters. The Morgan fingerprint density at radius 1 is 1.00 bits per heavy atom. The zero-order valence-electron chi connectivity index (χ0n) is 19.0. The molecule has 4 rings (SSSR count). The topological polar surface area (TPSA) is 58.6 Å². The van der Waals surface area contributed by atoms with Crippen LogP contribution in [0.25, 0.3) is 11.1 Å². The van der Waals surface area contributed by atoms with Crippen LogP contribution in [-0.2, 0) is 22.4 Å². The molecule has 1 heterocycles. The van der Waals surface area contributed by atoms with E-state index in [-0.39, 0.29) is 17.7 Å². The molecule has 1 saturated heterocycles. The quantitative estimate of drug-likeness (QED) is 0.599. The van der Waals surface area contributed by atoms with Crippen molar-refractivity contribution >= 4 is 11.8 Å². The van der Waals surface area contributed by atoms with Crippen LogP contribution < -0.4 is 10.1 Å². The molecule has 2 amide bonds. The maximum Gasteiger partial charge on any atom is 0.227 e. The Bertz CT molecular complexity index is 1080. The van der Waals surface area contributed by atoms with Crippen LogP contribution in [0.15, 0.2) is 78.9 Å². The summed E-state index contributed by atoms with van der Waals surface area (Å²) < 4.78 is 5.48. The molecule has 0 radical (unpaired) electrons. The highest BCUT2D eigenvalue weighted by Crippen LogP contribution is 2.26. The van der Waals surface area contributed by atoms with Crippen LogP contribution in [0.5, 0.6) is 5.75 Å². The molecule has 0 spiro atoms. The lowest BCUT2D eigenvalue weighted by molar-refractivity contribution is -0.131. The number of hydrogen-bond donors (Lipinski definition) is 1. The molecule has 0 aliphatic carbocycles. The molecule has 0 saturated carbocycles. The van der Waals surface area contributed by atoms with Gasteiger partial charge in [0.15, 0.2) is 0 Å². The predicted octanol–water partition coefficient (Wildman–Crippen LogP) is 4.11. The molecule has 1 aliphatic rings. The largest absolute Gasteiger partial charge is 0.494 e. The molecule has 3 aromatic carbocycles. The standard InChI is InChI=1S/C28H30N2O3/c1-2-33-25-14-12-21(13-15-25)18-27(31)30-17-16-29-28(32)24(20-30)19-23-10-6-7-11-26(23)22-8-4-3-5-9-22/h3-15,24H,2,16-20H2,1H3,(H,29,32). The minimum Gasteiger partial charge on any atom is -0.494 e. The lowest BCUT2D eigenvalue weighted by Crippen LogP contribution is -2.38. The maximum atomic E-state index is 13.1. The van der Waals surface area contributed by atoms with Gasteiger partial charge in [-0.2, -0.15) is 0 Å². The SMILES string of the molecule is CCOc1ccc(CC(=O)N2CCNC(=O)C(Cc3ccccc3-c3ccccc3)C2)cc1. The molecule has 33 heavy (non-hydrogen) atoms. The molecular weight excluding hydrogens is 412 g/mol. The van der Waals surface area contributed by atoms with Crippen molar-refractivity contribution in [2.24, 2.45) is 5.92 Å². The summed E-state index contributed by atoms with van der Waals surface area (Å²) in [5.41, 5.74) is 4.32. The Morgan fingerprint density at radius 3 is 2.48 bits per heavy atom. The van der Waals surface area contributed by atoms with E-state index >= 15 is 0 Å². The highest BCUT2D eigenvalue weighted by Gasteiger charge is 2.28. The molecular formula is C28H30N2O3. The van der Waals surface area contributed by atoms with Crippen LogP contribution in [-0.4, -0.2) is 43.0 Å². The first-order valence-corrected chi connectivity index (χ1v) is 11.5. The van der Waals surface area contributed by atoms with Gasteiger partial charge in [-0.05, 0) is 47.7 Å². The van der Waals surface area contributed by atoms with Gasteiger partial charge < -0.3 is 15.0 Å².